The number of carbonyl (C=O) groups is 1. The zero-order chi connectivity index (χ0) is 22.3. The SMILES string of the molecule is CC[Si](CC)(CC)OC1(CC=O)CCC2=CC3C(C=NN3c3ccc(F)cc3)CC21C. The average molecular weight is 443 g/mol. The topological polar surface area (TPSA) is 41.9 Å². The van der Waals surface area contributed by atoms with Gasteiger partial charge in [-0.05, 0) is 61.7 Å². The van der Waals surface area contributed by atoms with Gasteiger partial charge in [0.05, 0.1) is 17.3 Å². The van der Waals surface area contributed by atoms with Crippen LogP contribution in [0, 0.1) is 17.2 Å². The largest absolute Gasteiger partial charge is 0.410 e. The third kappa shape index (κ3) is 3.52. The highest BCUT2D eigenvalue weighted by atomic mass is 28.4. The van der Waals surface area contributed by atoms with Crippen molar-refractivity contribution in [3.63, 3.8) is 0 Å². The zero-order valence-corrected chi connectivity index (χ0v) is 20.2. The van der Waals surface area contributed by atoms with Gasteiger partial charge in [0.1, 0.15) is 12.1 Å². The van der Waals surface area contributed by atoms with E-state index in [1.807, 2.05) is 11.2 Å². The summed E-state index contributed by atoms with van der Waals surface area (Å²) in [5.74, 6) is 0.0209. The number of hydrogen-bond donors (Lipinski definition) is 0. The number of nitrogens with zero attached hydrogens (tertiary/aromatic N) is 2. The fraction of sp³-hybridized carbons (Fsp3) is 0.600. The van der Waals surface area contributed by atoms with E-state index in [0.717, 1.165) is 49.4 Å². The molecule has 6 heteroatoms. The molecule has 1 aliphatic heterocycles. The number of carbonyl (C=O) groups excluding carboxylic acids is 1. The van der Waals surface area contributed by atoms with Gasteiger partial charge >= 0.3 is 0 Å². The number of hydrazone groups is 1. The van der Waals surface area contributed by atoms with Gasteiger partial charge in [-0.2, -0.15) is 5.10 Å². The van der Waals surface area contributed by atoms with Crippen LogP contribution in [-0.4, -0.2) is 32.5 Å². The highest BCUT2D eigenvalue weighted by Gasteiger charge is 2.60. The van der Waals surface area contributed by atoms with E-state index in [-0.39, 0.29) is 23.2 Å². The van der Waals surface area contributed by atoms with Crippen LogP contribution in [0.2, 0.25) is 18.1 Å². The molecule has 1 heterocycles. The highest BCUT2D eigenvalue weighted by molar-refractivity contribution is 6.73. The number of halogens is 1. The first kappa shape index (κ1) is 22.4. The lowest BCUT2D eigenvalue weighted by molar-refractivity contribution is -0.116. The normalized spacial score (nSPS) is 32.0. The molecule has 1 aromatic carbocycles. The van der Waals surface area contributed by atoms with Gasteiger partial charge in [-0.15, -0.1) is 0 Å². The van der Waals surface area contributed by atoms with E-state index < -0.39 is 13.9 Å². The molecule has 2 aliphatic carbocycles. The van der Waals surface area contributed by atoms with Crippen LogP contribution in [-0.2, 0) is 9.22 Å². The Hall–Kier alpha value is -1.79. The Labute approximate surface area is 186 Å². The molecule has 168 valence electrons. The molecule has 0 spiro atoms. The Bertz CT molecular complexity index is 874. The molecule has 1 aromatic rings. The molecule has 31 heavy (non-hydrogen) atoms. The van der Waals surface area contributed by atoms with Crippen molar-refractivity contribution in [2.24, 2.45) is 16.4 Å². The molecule has 4 unspecified atom stereocenters. The number of benzene rings is 1. The predicted molar refractivity (Wildman–Crippen MR) is 126 cm³/mol. The summed E-state index contributed by atoms with van der Waals surface area (Å²) in [5, 5.41) is 6.71. The zero-order valence-electron chi connectivity index (χ0n) is 19.2. The maximum atomic E-state index is 13.4. The lowest BCUT2D eigenvalue weighted by atomic mass is 9.63. The van der Waals surface area contributed by atoms with Crippen molar-refractivity contribution in [2.45, 2.75) is 83.2 Å². The van der Waals surface area contributed by atoms with Crippen LogP contribution >= 0.6 is 0 Å². The van der Waals surface area contributed by atoms with Crippen molar-refractivity contribution in [1.29, 1.82) is 0 Å². The van der Waals surface area contributed by atoms with E-state index in [4.69, 9.17) is 9.53 Å². The Morgan fingerprint density at radius 2 is 1.90 bits per heavy atom. The molecule has 3 aliphatic rings. The molecule has 0 N–H and O–H groups in total. The molecule has 1 saturated carbocycles. The summed E-state index contributed by atoms with van der Waals surface area (Å²) in [7, 11) is -1.89. The predicted octanol–water partition coefficient (Wildman–Crippen LogP) is 6.10. The summed E-state index contributed by atoms with van der Waals surface area (Å²) >= 11 is 0. The van der Waals surface area contributed by atoms with Gasteiger partial charge in [0.15, 0.2) is 8.32 Å². The number of fused-ring (bicyclic) bond motifs is 2. The molecular formula is C25H35FN2O2Si. The summed E-state index contributed by atoms with van der Waals surface area (Å²) in [4.78, 5) is 11.9. The van der Waals surface area contributed by atoms with Crippen molar-refractivity contribution in [3.05, 3.63) is 41.7 Å². The molecule has 0 saturated heterocycles. The van der Waals surface area contributed by atoms with Gasteiger partial charge in [0.25, 0.3) is 0 Å². The number of rotatable bonds is 8. The van der Waals surface area contributed by atoms with Crippen LogP contribution in [0.1, 0.15) is 53.4 Å². The minimum Gasteiger partial charge on any atom is -0.410 e. The third-order valence-corrected chi connectivity index (χ3v) is 13.2. The summed E-state index contributed by atoms with van der Waals surface area (Å²) < 4.78 is 20.6. The number of aldehydes is 1. The number of hydrogen-bond acceptors (Lipinski definition) is 4. The molecule has 0 amide bonds. The summed E-state index contributed by atoms with van der Waals surface area (Å²) in [6.45, 7) is 9.08. The molecule has 4 nitrogen and oxygen atoms in total. The van der Waals surface area contributed by atoms with Crippen LogP contribution in [0.4, 0.5) is 10.1 Å². The molecule has 4 rings (SSSR count). The minimum absolute atomic E-state index is 0.145. The second-order valence-electron chi connectivity index (χ2n) is 9.68. The van der Waals surface area contributed by atoms with Crippen molar-refractivity contribution in [3.8, 4) is 0 Å². The van der Waals surface area contributed by atoms with Gasteiger partial charge in [0, 0.05) is 24.0 Å². The Balaban J connectivity index is 1.69. The van der Waals surface area contributed by atoms with Gasteiger partial charge in [-0.3, -0.25) is 5.01 Å². The molecule has 0 aromatic heterocycles. The first-order valence-corrected chi connectivity index (χ1v) is 14.3. The molecule has 4 atom stereocenters. The fourth-order valence-electron chi connectivity index (χ4n) is 6.20. The highest BCUT2D eigenvalue weighted by Crippen LogP contribution is 2.61. The molecular weight excluding hydrogens is 407 g/mol. The lowest BCUT2D eigenvalue weighted by Crippen LogP contribution is -2.56. The van der Waals surface area contributed by atoms with E-state index in [9.17, 15) is 9.18 Å². The van der Waals surface area contributed by atoms with Crippen molar-refractivity contribution >= 4 is 26.5 Å². The minimum atomic E-state index is -1.89. The van der Waals surface area contributed by atoms with E-state index in [2.05, 4.69) is 33.8 Å². The van der Waals surface area contributed by atoms with Crippen molar-refractivity contribution in [2.75, 3.05) is 5.01 Å². The Morgan fingerprint density at radius 3 is 2.52 bits per heavy atom. The second-order valence-corrected chi connectivity index (χ2v) is 14.4. The van der Waals surface area contributed by atoms with Crippen LogP contribution in [0.15, 0.2) is 41.0 Å². The number of anilines is 1. The molecule has 0 bridgehead atoms. The summed E-state index contributed by atoms with van der Waals surface area (Å²) in [5.41, 5.74) is 1.75. The van der Waals surface area contributed by atoms with E-state index >= 15 is 0 Å². The summed E-state index contributed by atoms with van der Waals surface area (Å²) in [6.07, 6.45) is 8.76. The smallest absolute Gasteiger partial charge is 0.192 e. The van der Waals surface area contributed by atoms with E-state index in [1.54, 1.807) is 12.1 Å². The monoisotopic (exact) mass is 442 g/mol. The van der Waals surface area contributed by atoms with Gasteiger partial charge in [-0.1, -0.05) is 39.3 Å². The van der Waals surface area contributed by atoms with Gasteiger partial charge in [0.2, 0.25) is 0 Å². The second kappa shape index (κ2) is 8.28. The quantitative estimate of drug-likeness (QED) is 0.278. The van der Waals surface area contributed by atoms with Crippen molar-refractivity contribution < 1.29 is 13.6 Å². The van der Waals surface area contributed by atoms with Crippen LogP contribution in [0.3, 0.4) is 0 Å². The van der Waals surface area contributed by atoms with Crippen LogP contribution < -0.4 is 5.01 Å². The fourth-order valence-corrected chi connectivity index (χ4v) is 9.37. The lowest BCUT2D eigenvalue weighted by Gasteiger charge is -2.51. The first-order chi connectivity index (χ1) is 14.9. The van der Waals surface area contributed by atoms with E-state index in [1.165, 1.54) is 17.7 Å². The Kier molecular flexibility index (Phi) is 5.99. The summed E-state index contributed by atoms with van der Waals surface area (Å²) in [6, 6.07) is 9.96. The Morgan fingerprint density at radius 1 is 1.23 bits per heavy atom. The average Bonchev–Trinajstić information content (AvgIpc) is 3.29. The van der Waals surface area contributed by atoms with Crippen molar-refractivity contribution in [1.82, 2.24) is 0 Å². The van der Waals surface area contributed by atoms with Gasteiger partial charge < -0.3 is 9.22 Å². The third-order valence-electron chi connectivity index (χ3n) is 8.48. The van der Waals surface area contributed by atoms with Gasteiger partial charge in [-0.25, -0.2) is 4.39 Å². The van der Waals surface area contributed by atoms with Crippen LogP contribution in [0.5, 0.6) is 0 Å². The van der Waals surface area contributed by atoms with E-state index in [0.29, 0.717) is 6.42 Å². The molecule has 0 radical (unpaired) electrons. The maximum Gasteiger partial charge on any atom is 0.192 e. The first-order valence-electron chi connectivity index (χ1n) is 11.8. The van der Waals surface area contributed by atoms with Crippen LogP contribution in [0.25, 0.3) is 0 Å². The maximum absolute atomic E-state index is 13.4. The molecule has 1 fully saturated rings. The standard InChI is InChI=1S/C25H35FN2O2Si/c1-5-31(6-2,7-3)30-25(14-15-29)13-12-20-16-23-19(17-24(20,25)4)18-27-28(23)22-10-8-21(26)9-11-22/h8-11,15-16,18-19,23H,5-7,12-14,17H2,1-4H3.